The normalized spacial score (nSPS) is 14.4. The molecule has 0 spiro atoms. The number of hydrogen-bond donors (Lipinski definition) is 3. The highest BCUT2D eigenvalue weighted by Crippen LogP contribution is 2.45. The maximum atomic E-state index is 13.1. The van der Waals surface area contributed by atoms with Crippen LogP contribution in [0.5, 0.6) is 0 Å². The van der Waals surface area contributed by atoms with E-state index in [1.54, 1.807) is 0 Å². The van der Waals surface area contributed by atoms with Crippen molar-refractivity contribution < 1.29 is 80.2 Å². The molecule has 0 aromatic carbocycles. The van der Waals surface area contributed by atoms with Gasteiger partial charge in [0.1, 0.15) is 19.3 Å². The monoisotopic (exact) mass is 1400 g/mol. The van der Waals surface area contributed by atoms with Gasteiger partial charge in [-0.05, 0) is 43.4 Å². The van der Waals surface area contributed by atoms with Crippen LogP contribution in [-0.2, 0) is 65.4 Å². The van der Waals surface area contributed by atoms with E-state index < -0.39 is 97.5 Å². The Balaban J connectivity index is 5.27. The molecule has 0 aliphatic rings. The molecule has 19 heteroatoms. The molecule has 0 aromatic rings. The average Bonchev–Trinajstić information content (AvgIpc) is 1.45. The lowest BCUT2D eigenvalue weighted by Gasteiger charge is -2.21. The van der Waals surface area contributed by atoms with E-state index in [-0.39, 0.29) is 25.7 Å². The van der Waals surface area contributed by atoms with Crippen molar-refractivity contribution in [2.45, 2.75) is 407 Å². The van der Waals surface area contributed by atoms with Crippen molar-refractivity contribution in [2.24, 2.45) is 17.8 Å². The SMILES string of the molecule is CCCCCCCCCCCCCCCCCCCC(=O)O[C@H](COC(=O)CCCCCCCCCCCCC(C)C)COP(=O)(O)OC[C@@H](O)COP(=O)(O)OC[C@@H](COC(=O)CCCCCCCCCCC(C)CC)OC(=O)CCCCCCCCCCCCC(C)C. The van der Waals surface area contributed by atoms with Gasteiger partial charge in [0, 0.05) is 25.7 Å². The number of phosphoric acid groups is 2. The minimum Gasteiger partial charge on any atom is -0.462 e. The molecule has 0 saturated heterocycles. The summed E-state index contributed by atoms with van der Waals surface area (Å²) in [6, 6.07) is 0. The summed E-state index contributed by atoms with van der Waals surface area (Å²) >= 11 is 0. The number of rotatable bonds is 74. The lowest BCUT2D eigenvalue weighted by molar-refractivity contribution is -0.161. The smallest absolute Gasteiger partial charge is 0.462 e. The van der Waals surface area contributed by atoms with Crippen LogP contribution in [0.3, 0.4) is 0 Å². The minimum absolute atomic E-state index is 0.105. The lowest BCUT2D eigenvalue weighted by atomic mass is 9.99. The fraction of sp³-hybridized carbons (Fsp3) is 0.947. The lowest BCUT2D eigenvalue weighted by Crippen LogP contribution is -2.30. The molecule has 0 heterocycles. The highest BCUT2D eigenvalue weighted by atomic mass is 31.2. The van der Waals surface area contributed by atoms with Crippen molar-refractivity contribution in [2.75, 3.05) is 39.6 Å². The number of hydrogen-bond acceptors (Lipinski definition) is 15. The van der Waals surface area contributed by atoms with Crippen LogP contribution in [0.2, 0.25) is 0 Å². The standard InChI is InChI=1S/C76H148O17P2/c1-8-10-11-12-13-14-15-16-17-18-19-20-21-29-38-45-52-59-75(80)92-71(63-86-73(78)57-50-43-36-28-24-22-26-33-40-47-54-67(3)4)65-90-94(82,83)88-61-70(77)62-89-95(84,85)91-66-72(64-87-74(79)58-51-44-37-32-31-35-42-49-56-69(7)9-2)93-76(81)60-53-46-39-30-25-23-27-34-41-48-55-68(5)6/h67-72,77H,8-66H2,1-7H3,(H,82,83)(H,84,85)/t69?,70-,71-,72-/m1/s1. The molecule has 0 bridgehead atoms. The Morgan fingerprint density at radius 1 is 0.305 bits per heavy atom. The molecule has 564 valence electrons. The van der Waals surface area contributed by atoms with Gasteiger partial charge in [0.05, 0.1) is 26.4 Å². The van der Waals surface area contributed by atoms with Crippen molar-refractivity contribution in [3.8, 4) is 0 Å². The maximum absolute atomic E-state index is 13.1. The van der Waals surface area contributed by atoms with Crippen molar-refractivity contribution in [3.63, 3.8) is 0 Å². The fourth-order valence-corrected chi connectivity index (χ4v) is 13.1. The third-order valence-electron chi connectivity index (χ3n) is 18.0. The highest BCUT2D eigenvalue weighted by Gasteiger charge is 2.30. The van der Waals surface area contributed by atoms with Gasteiger partial charge >= 0.3 is 39.5 Å². The Hall–Kier alpha value is -1.94. The van der Waals surface area contributed by atoms with Crippen LogP contribution in [0.1, 0.15) is 389 Å². The third kappa shape index (κ3) is 69.0. The molecule has 0 fully saturated rings. The number of aliphatic hydroxyl groups is 1. The first-order valence-electron chi connectivity index (χ1n) is 39.4. The van der Waals surface area contributed by atoms with Gasteiger partial charge in [0.2, 0.25) is 0 Å². The van der Waals surface area contributed by atoms with E-state index >= 15 is 0 Å². The number of carbonyl (C=O) groups excluding carboxylic acids is 4. The molecule has 95 heavy (non-hydrogen) atoms. The van der Waals surface area contributed by atoms with Crippen molar-refractivity contribution in [1.82, 2.24) is 0 Å². The van der Waals surface area contributed by atoms with Crippen molar-refractivity contribution in [3.05, 3.63) is 0 Å². The Kier molecular flexibility index (Phi) is 65.2. The molecular formula is C76H148O17P2. The largest absolute Gasteiger partial charge is 0.472 e. The van der Waals surface area contributed by atoms with E-state index in [4.69, 9.17) is 37.0 Å². The summed E-state index contributed by atoms with van der Waals surface area (Å²) in [4.78, 5) is 72.8. The molecule has 3 N–H and O–H groups in total. The molecule has 3 unspecified atom stereocenters. The quantitative estimate of drug-likeness (QED) is 0.0222. The Morgan fingerprint density at radius 3 is 0.800 bits per heavy atom. The van der Waals surface area contributed by atoms with Crippen molar-refractivity contribution >= 4 is 39.5 Å². The zero-order valence-corrected chi connectivity index (χ0v) is 63.9. The van der Waals surface area contributed by atoms with E-state index in [1.807, 2.05) is 0 Å². The molecule has 0 aliphatic carbocycles. The summed E-state index contributed by atoms with van der Waals surface area (Å²) in [5, 5.41) is 10.6. The zero-order chi connectivity index (χ0) is 70.1. The van der Waals surface area contributed by atoms with Crippen LogP contribution in [0, 0.1) is 17.8 Å². The molecule has 0 saturated carbocycles. The first kappa shape index (κ1) is 93.1. The van der Waals surface area contributed by atoms with Gasteiger partial charge in [-0.25, -0.2) is 9.13 Å². The summed E-state index contributed by atoms with van der Waals surface area (Å²) in [6.07, 6.45) is 52.6. The summed E-state index contributed by atoms with van der Waals surface area (Å²) < 4.78 is 68.6. The zero-order valence-electron chi connectivity index (χ0n) is 62.1. The number of unbranched alkanes of at least 4 members (excludes halogenated alkanes) is 41. The third-order valence-corrected chi connectivity index (χ3v) is 19.9. The number of aliphatic hydroxyl groups excluding tert-OH is 1. The summed E-state index contributed by atoms with van der Waals surface area (Å²) in [5.41, 5.74) is 0. The Labute approximate surface area is 581 Å². The van der Waals surface area contributed by atoms with E-state index in [2.05, 4.69) is 48.5 Å². The molecule has 0 amide bonds. The minimum atomic E-state index is -4.96. The second-order valence-corrected chi connectivity index (χ2v) is 31.5. The molecule has 0 rings (SSSR count). The number of esters is 4. The maximum Gasteiger partial charge on any atom is 0.472 e. The molecule has 17 nitrogen and oxygen atoms in total. The fourth-order valence-electron chi connectivity index (χ4n) is 11.6. The molecular weight excluding hydrogens is 1250 g/mol. The topological polar surface area (TPSA) is 237 Å². The predicted octanol–water partition coefficient (Wildman–Crippen LogP) is 22.2. The number of carbonyl (C=O) groups is 4. The van der Waals surface area contributed by atoms with Gasteiger partial charge < -0.3 is 33.8 Å². The van der Waals surface area contributed by atoms with Crippen LogP contribution >= 0.6 is 15.6 Å². The van der Waals surface area contributed by atoms with E-state index in [0.717, 1.165) is 108 Å². The van der Waals surface area contributed by atoms with Crippen LogP contribution in [0.15, 0.2) is 0 Å². The van der Waals surface area contributed by atoms with Gasteiger partial charge in [-0.15, -0.1) is 0 Å². The molecule has 0 aromatic heterocycles. The second kappa shape index (κ2) is 66.6. The highest BCUT2D eigenvalue weighted by molar-refractivity contribution is 7.47. The second-order valence-electron chi connectivity index (χ2n) is 28.6. The van der Waals surface area contributed by atoms with Gasteiger partial charge in [-0.3, -0.25) is 37.3 Å². The molecule has 6 atom stereocenters. The molecule has 0 radical (unpaired) electrons. The average molecular weight is 1400 g/mol. The summed E-state index contributed by atoms with van der Waals surface area (Å²) in [6.45, 7) is 11.9. The van der Waals surface area contributed by atoms with Crippen LogP contribution < -0.4 is 0 Å². The van der Waals surface area contributed by atoms with E-state index in [9.17, 15) is 43.2 Å². The van der Waals surface area contributed by atoms with Gasteiger partial charge in [-0.1, -0.05) is 337 Å². The molecule has 0 aliphatic heterocycles. The Bertz CT molecular complexity index is 1850. The predicted molar refractivity (Wildman–Crippen MR) is 386 cm³/mol. The van der Waals surface area contributed by atoms with Crippen molar-refractivity contribution in [1.29, 1.82) is 0 Å². The van der Waals surface area contributed by atoms with Crippen LogP contribution in [0.4, 0.5) is 0 Å². The number of phosphoric ester groups is 2. The van der Waals surface area contributed by atoms with E-state index in [0.29, 0.717) is 25.7 Å². The van der Waals surface area contributed by atoms with Gasteiger partial charge in [-0.2, -0.15) is 0 Å². The summed E-state index contributed by atoms with van der Waals surface area (Å²) in [5.74, 6) is 0.171. The Morgan fingerprint density at radius 2 is 0.537 bits per heavy atom. The van der Waals surface area contributed by atoms with Crippen LogP contribution in [0.25, 0.3) is 0 Å². The first-order valence-corrected chi connectivity index (χ1v) is 42.4. The van der Waals surface area contributed by atoms with E-state index in [1.165, 1.54) is 199 Å². The summed E-state index contributed by atoms with van der Waals surface area (Å²) in [7, 11) is -9.91. The van der Waals surface area contributed by atoms with Crippen LogP contribution in [-0.4, -0.2) is 96.7 Å². The van der Waals surface area contributed by atoms with Gasteiger partial charge in [0.15, 0.2) is 12.2 Å². The van der Waals surface area contributed by atoms with Gasteiger partial charge in [0.25, 0.3) is 0 Å². The first-order chi connectivity index (χ1) is 45.8. The number of ether oxygens (including phenoxy) is 4.